The van der Waals surface area contributed by atoms with E-state index in [2.05, 4.69) is 9.62 Å². The van der Waals surface area contributed by atoms with Gasteiger partial charge in [-0.05, 0) is 68.5 Å². The van der Waals surface area contributed by atoms with E-state index in [9.17, 15) is 13.2 Å². The SMILES string of the molecule is Cc1cc(C)c(C)c(S(=O)(=O)Nc2c(N3CCCC3)c3ccccc3oc2=O)c1. The summed E-state index contributed by atoms with van der Waals surface area (Å²) < 4.78 is 34.5. The van der Waals surface area contributed by atoms with E-state index in [0.29, 0.717) is 16.8 Å². The minimum absolute atomic E-state index is 0.0239. The minimum atomic E-state index is -3.97. The van der Waals surface area contributed by atoms with E-state index >= 15 is 0 Å². The second-order valence-electron chi connectivity index (χ2n) is 7.61. The minimum Gasteiger partial charge on any atom is -0.421 e. The summed E-state index contributed by atoms with van der Waals surface area (Å²) in [6.45, 7) is 7.04. The number of nitrogens with one attached hydrogen (secondary N) is 1. The molecule has 4 rings (SSSR count). The summed E-state index contributed by atoms with van der Waals surface area (Å²) >= 11 is 0. The van der Waals surface area contributed by atoms with E-state index < -0.39 is 15.6 Å². The first-order valence-corrected chi connectivity index (χ1v) is 11.2. The topological polar surface area (TPSA) is 79.6 Å². The van der Waals surface area contributed by atoms with E-state index in [1.54, 1.807) is 25.1 Å². The van der Waals surface area contributed by atoms with Gasteiger partial charge in [0.05, 0.1) is 10.6 Å². The van der Waals surface area contributed by atoms with Gasteiger partial charge in [-0.25, -0.2) is 13.2 Å². The van der Waals surface area contributed by atoms with Crippen molar-refractivity contribution in [2.75, 3.05) is 22.7 Å². The highest BCUT2D eigenvalue weighted by Crippen LogP contribution is 2.35. The predicted octanol–water partition coefficient (Wildman–Crippen LogP) is 4.12. The molecule has 7 heteroatoms. The molecule has 0 bridgehead atoms. The van der Waals surface area contributed by atoms with E-state index in [4.69, 9.17) is 4.42 Å². The third-order valence-corrected chi connectivity index (χ3v) is 6.97. The van der Waals surface area contributed by atoms with Crippen LogP contribution in [-0.2, 0) is 10.0 Å². The van der Waals surface area contributed by atoms with Gasteiger partial charge in [0.2, 0.25) is 0 Å². The normalized spacial score (nSPS) is 14.5. The monoisotopic (exact) mass is 412 g/mol. The molecular formula is C22H24N2O4S. The number of hydrogen-bond donors (Lipinski definition) is 1. The Morgan fingerprint density at radius 3 is 2.45 bits per heavy atom. The maximum Gasteiger partial charge on any atom is 0.363 e. The lowest BCUT2D eigenvalue weighted by molar-refractivity contribution is 0.562. The number of aryl methyl sites for hydroxylation is 2. The molecule has 3 aromatic rings. The fourth-order valence-corrected chi connectivity index (χ4v) is 5.43. The van der Waals surface area contributed by atoms with Crippen LogP contribution in [0.2, 0.25) is 0 Å². The zero-order valence-electron chi connectivity index (χ0n) is 16.8. The molecule has 2 aromatic carbocycles. The van der Waals surface area contributed by atoms with Crippen LogP contribution in [0.4, 0.5) is 11.4 Å². The second-order valence-corrected chi connectivity index (χ2v) is 9.26. The van der Waals surface area contributed by atoms with Gasteiger partial charge in [0.25, 0.3) is 10.0 Å². The van der Waals surface area contributed by atoms with Gasteiger partial charge in [-0.1, -0.05) is 18.2 Å². The molecule has 0 spiro atoms. The Bertz CT molecular complexity index is 1260. The largest absolute Gasteiger partial charge is 0.421 e. The van der Waals surface area contributed by atoms with Gasteiger partial charge in [0.15, 0.2) is 5.69 Å². The number of benzene rings is 2. The van der Waals surface area contributed by atoms with Gasteiger partial charge in [-0.2, -0.15) is 0 Å². The van der Waals surface area contributed by atoms with Crippen LogP contribution in [0.1, 0.15) is 29.5 Å². The number of nitrogens with zero attached hydrogens (tertiary/aromatic N) is 1. The lowest BCUT2D eigenvalue weighted by atomic mass is 10.1. The van der Waals surface area contributed by atoms with Crippen molar-refractivity contribution >= 4 is 32.4 Å². The van der Waals surface area contributed by atoms with Crippen LogP contribution < -0.4 is 15.2 Å². The predicted molar refractivity (Wildman–Crippen MR) is 115 cm³/mol. The first-order chi connectivity index (χ1) is 13.8. The fourth-order valence-electron chi connectivity index (χ4n) is 3.96. The van der Waals surface area contributed by atoms with E-state index in [-0.39, 0.29) is 10.6 Å². The highest BCUT2D eigenvalue weighted by atomic mass is 32.2. The standard InChI is InChI=1S/C22H24N2O4S/c1-14-12-15(2)16(3)19(13-14)29(26,27)23-20-21(24-10-6-7-11-24)17-8-4-5-9-18(17)28-22(20)25/h4-5,8-9,12-13,23H,6-7,10-11H2,1-3H3. The van der Waals surface area contributed by atoms with Gasteiger partial charge < -0.3 is 9.32 Å². The molecule has 1 N–H and O–H groups in total. The summed E-state index contributed by atoms with van der Waals surface area (Å²) in [5.74, 6) is 0. The Hall–Kier alpha value is -2.80. The Morgan fingerprint density at radius 1 is 1.03 bits per heavy atom. The molecule has 1 saturated heterocycles. The number of para-hydroxylation sites is 1. The lowest BCUT2D eigenvalue weighted by Crippen LogP contribution is -2.26. The van der Waals surface area contributed by atoms with Crippen LogP contribution in [0, 0.1) is 20.8 Å². The van der Waals surface area contributed by atoms with Crippen molar-refractivity contribution in [3.63, 3.8) is 0 Å². The van der Waals surface area contributed by atoms with Gasteiger partial charge in [0.1, 0.15) is 5.58 Å². The van der Waals surface area contributed by atoms with Crippen molar-refractivity contribution in [3.05, 3.63) is 63.5 Å². The van der Waals surface area contributed by atoms with Gasteiger partial charge in [0, 0.05) is 18.5 Å². The Balaban J connectivity index is 1.92. The van der Waals surface area contributed by atoms with Crippen LogP contribution in [0.3, 0.4) is 0 Å². The number of rotatable bonds is 4. The van der Waals surface area contributed by atoms with Crippen LogP contribution in [0.25, 0.3) is 11.0 Å². The molecule has 6 nitrogen and oxygen atoms in total. The van der Waals surface area contributed by atoms with Crippen molar-refractivity contribution in [1.82, 2.24) is 0 Å². The summed E-state index contributed by atoms with van der Waals surface area (Å²) in [6, 6.07) is 10.8. The molecule has 0 radical (unpaired) electrons. The molecule has 1 aliphatic rings. The zero-order chi connectivity index (χ0) is 20.8. The average Bonchev–Trinajstić information content (AvgIpc) is 3.19. The first kappa shape index (κ1) is 19.5. The molecule has 29 heavy (non-hydrogen) atoms. The Kier molecular flexibility index (Phi) is 4.86. The quantitative estimate of drug-likeness (QED) is 0.652. The maximum atomic E-state index is 13.3. The molecule has 1 fully saturated rings. The van der Waals surface area contributed by atoms with Crippen molar-refractivity contribution in [2.24, 2.45) is 0 Å². The molecule has 152 valence electrons. The molecule has 1 aliphatic heterocycles. The van der Waals surface area contributed by atoms with Crippen LogP contribution >= 0.6 is 0 Å². The molecule has 0 amide bonds. The molecule has 1 aromatic heterocycles. The number of fused-ring (bicyclic) bond motifs is 1. The number of hydrogen-bond acceptors (Lipinski definition) is 5. The van der Waals surface area contributed by atoms with Crippen molar-refractivity contribution in [1.29, 1.82) is 0 Å². The third kappa shape index (κ3) is 3.51. The molecule has 0 aliphatic carbocycles. The van der Waals surface area contributed by atoms with Crippen LogP contribution in [0.15, 0.2) is 50.5 Å². The van der Waals surface area contributed by atoms with Crippen molar-refractivity contribution < 1.29 is 12.8 Å². The lowest BCUT2D eigenvalue weighted by Gasteiger charge is -2.23. The summed E-state index contributed by atoms with van der Waals surface area (Å²) in [5, 5.41) is 0.726. The van der Waals surface area contributed by atoms with Gasteiger partial charge >= 0.3 is 5.63 Å². The van der Waals surface area contributed by atoms with Crippen LogP contribution in [-0.4, -0.2) is 21.5 Å². The van der Waals surface area contributed by atoms with Crippen LogP contribution in [0.5, 0.6) is 0 Å². The molecule has 0 saturated carbocycles. The Morgan fingerprint density at radius 2 is 1.72 bits per heavy atom. The fraction of sp³-hybridized carbons (Fsp3) is 0.318. The summed E-state index contributed by atoms with van der Waals surface area (Å²) in [5.41, 5.74) is 2.73. The molecule has 0 atom stereocenters. The average molecular weight is 413 g/mol. The molecule has 2 heterocycles. The summed E-state index contributed by atoms with van der Waals surface area (Å²) in [6.07, 6.45) is 1.99. The van der Waals surface area contributed by atoms with E-state index in [0.717, 1.165) is 42.4 Å². The Labute approximate surface area is 170 Å². The zero-order valence-corrected chi connectivity index (χ0v) is 17.6. The van der Waals surface area contributed by atoms with Gasteiger partial charge in [-0.15, -0.1) is 0 Å². The highest BCUT2D eigenvalue weighted by Gasteiger charge is 2.27. The van der Waals surface area contributed by atoms with Crippen molar-refractivity contribution in [2.45, 2.75) is 38.5 Å². The van der Waals surface area contributed by atoms with E-state index in [1.165, 1.54) is 0 Å². The summed E-state index contributed by atoms with van der Waals surface area (Å²) in [4.78, 5) is 15.1. The van der Waals surface area contributed by atoms with Gasteiger partial charge in [-0.3, -0.25) is 4.72 Å². The second kappa shape index (κ2) is 7.22. The van der Waals surface area contributed by atoms with E-state index in [1.807, 2.05) is 32.0 Å². The first-order valence-electron chi connectivity index (χ1n) is 9.69. The maximum absolute atomic E-state index is 13.3. The number of sulfonamides is 1. The summed E-state index contributed by atoms with van der Waals surface area (Å²) in [7, 11) is -3.97. The third-order valence-electron chi connectivity index (χ3n) is 5.50. The number of anilines is 2. The highest BCUT2D eigenvalue weighted by molar-refractivity contribution is 7.92. The molecular weight excluding hydrogens is 388 g/mol. The smallest absolute Gasteiger partial charge is 0.363 e. The van der Waals surface area contributed by atoms with Crippen molar-refractivity contribution in [3.8, 4) is 0 Å². The molecule has 0 unspecified atom stereocenters.